The number of halogens is 2. The van der Waals surface area contributed by atoms with Crippen LogP contribution in [0.15, 0.2) is 30.5 Å². The first kappa shape index (κ1) is 18.8. The minimum absolute atomic E-state index is 0.00769. The summed E-state index contributed by atoms with van der Waals surface area (Å²) in [5.41, 5.74) is 1.32. The fourth-order valence-corrected chi connectivity index (χ4v) is 3.43. The fraction of sp³-hybridized carbons (Fsp3) is 0.500. The van der Waals surface area contributed by atoms with Gasteiger partial charge in [-0.05, 0) is 38.0 Å². The van der Waals surface area contributed by atoms with Crippen LogP contribution in [0.25, 0.3) is 0 Å². The van der Waals surface area contributed by atoms with E-state index in [1.54, 1.807) is 10.9 Å². The zero-order valence-electron chi connectivity index (χ0n) is 14.9. The molecule has 0 spiro atoms. The van der Waals surface area contributed by atoms with E-state index in [4.69, 9.17) is 11.6 Å². The number of carbonyl (C=O) groups is 1. The second kappa shape index (κ2) is 8.14. The number of alkyl halides is 1. The molecule has 1 aliphatic rings. The van der Waals surface area contributed by atoms with E-state index in [2.05, 4.69) is 20.5 Å². The van der Waals surface area contributed by atoms with Crippen LogP contribution in [-0.4, -0.2) is 50.6 Å². The SMILES string of the molecule is CC(C)NC(=O)c1cn(CC2CC(F)CN2Cc2cccc(Cl)c2)nn1. The van der Waals surface area contributed by atoms with E-state index in [1.165, 1.54) is 0 Å². The van der Waals surface area contributed by atoms with Crippen LogP contribution < -0.4 is 5.32 Å². The lowest BCUT2D eigenvalue weighted by Crippen LogP contribution is -2.33. The zero-order chi connectivity index (χ0) is 18.7. The van der Waals surface area contributed by atoms with E-state index in [1.807, 2.05) is 38.1 Å². The van der Waals surface area contributed by atoms with Crippen LogP contribution in [-0.2, 0) is 13.1 Å². The highest BCUT2D eigenvalue weighted by molar-refractivity contribution is 6.30. The van der Waals surface area contributed by atoms with E-state index in [-0.39, 0.29) is 23.7 Å². The Morgan fingerprint density at radius 2 is 2.27 bits per heavy atom. The van der Waals surface area contributed by atoms with Gasteiger partial charge in [-0.25, -0.2) is 4.39 Å². The largest absolute Gasteiger partial charge is 0.348 e. The molecular formula is C18H23ClFN5O. The molecule has 26 heavy (non-hydrogen) atoms. The molecule has 2 atom stereocenters. The first-order chi connectivity index (χ1) is 12.4. The van der Waals surface area contributed by atoms with Crippen LogP contribution >= 0.6 is 11.6 Å². The fourth-order valence-electron chi connectivity index (χ4n) is 3.22. The lowest BCUT2D eigenvalue weighted by Gasteiger charge is -2.23. The number of hydrogen-bond donors (Lipinski definition) is 1. The second-order valence-electron chi connectivity index (χ2n) is 7.00. The third kappa shape index (κ3) is 4.80. The normalized spacial score (nSPS) is 20.7. The van der Waals surface area contributed by atoms with Crippen molar-refractivity contribution in [2.24, 2.45) is 0 Å². The Balaban J connectivity index is 1.66. The number of likely N-dealkylation sites (tertiary alicyclic amines) is 1. The molecule has 0 radical (unpaired) electrons. The molecule has 8 heteroatoms. The smallest absolute Gasteiger partial charge is 0.273 e. The van der Waals surface area contributed by atoms with E-state index in [0.717, 1.165) is 5.56 Å². The molecule has 140 valence electrons. The molecule has 1 fully saturated rings. The molecular weight excluding hydrogens is 357 g/mol. The maximum atomic E-state index is 14.0. The number of amides is 1. The molecule has 0 saturated carbocycles. The molecule has 3 rings (SSSR count). The number of hydrogen-bond acceptors (Lipinski definition) is 4. The van der Waals surface area contributed by atoms with Crippen molar-refractivity contribution in [1.29, 1.82) is 0 Å². The van der Waals surface area contributed by atoms with Gasteiger partial charge in [0.25, 0.3) is 5.91 Å². The lowest BCUT2D eigenvalue weighted by atomic mass is 10.1. The first-order valence-corrected chi connectivity index (χ1v) is 9.12. The highest BCUT2D eigenvalue weighted by Gasteiger charge is 2.32. The summed E-state index contributed by atoms with van der Waals surface area (Å²) in [6.07, 6.45) is 1.18. The summed E-state index contributed by atoms with van der Waals surface area (Å²) >= 11 is 6.04. The summed E-state index contributed by atoms with van der Waals surface area (Å²) in [6, 6.07) is 7.62. The second-order valence-corrected chi connectivity index (χ2v) is 7.44. The maximum Gasteiger partial charge on any atom is 0.273 e. The number of nitrogens with zero attached hydrogens (tertiary/aromatic N) is 4. The highest BCUT2D eigenvalue weighted by Crippen LogP contribution is 2.24. The molecule has 1 aliphatic heterocycles. The van der Waals surface area contributed by atoms with Crippen molar-refractivity contribution in [1.82, 2.24) is 25.2 Å². The van der Waals surface area contributed by atoms with Crippen LogP contribution in [0.1, 0.15) is 36.3 Å². The van der Waals surface area contributed by atoms with Crippen molar-refractivity contribution in [2.45, 2.75) is 51.6 Å². The Kier molecular flexibility index (Phi) is 5.88. The monoisotopic (exact) mass is 379 g/mol. The Morgan fingerprint density at radius 1 is 1.46 bits per heavy atom. The Labute approximate surface area is 157 Å². The van der Waals surface area contributed by atoms with Crippen LogP contribution in [0.4, 0.5) is 4.39 Å². The third-order valence-corrected chi connectivity index (χ3v) is 4.58. The molecule has 0 bridgehead atoms. The number of carbonyl (C=O) groups excluding carboxylic acids is 1. The van der Waals surface area contributed by atoms with Crippen LogP contribution in [0.3, 0.4) is 0 Å². The van der Waals surface area contributed by atoms with Gasteiger partial charge in [-0.15, -0.1) is 5.10 Å². The number of aromatic nitrogens is 3. The van der Waals surface area contributed by atoms with E-state index >= 15 is 0 Å². The van der Waals surface area contributed by atoms with E-state index < -0.39 is 6.17 Å². The minimum atomic E-state index is -0.869. The summed E-state index contributed by atoms with van der Waals surface area (Å²) in [6.45, 7) is 5.27. The van der Waals surface area contributed by atoms with Gasteiger partial charge in [0.2, 0.25) is 0 Å². The topological polar surface area (TPSA) is 63.1 Å². The molecule has 2 heterocycles. The van der Waals surface area contributed by atoms with E-state index in [9.17, 15) is 9.18 Å². The molecule has 1 amide bonds. The Hall–Kier alpha value is -1.99. The van der Waals surface area contributed by atoms with Crippen LogP contribution in [0, 0.1) is 0 Å². The summed E-state index contributed by atoms with van der Waals surface area (Å²) in [4.78, 5) is 14.1. The predicted octanol–water partition coefficient (Wildman–Crippen LogP) is 2.68. The summed E-state index contributed by atoms with van der Waals surface area (Å²) in [5.74, 6) is -0.253. The van der Waals surface area contributed by atoms with Gasteiger partial charge in [0.1, 0.15) is 6.17 Å². The molecule has 1 N–H and O–H groups in total. The molecule has 2 unspecified atom stereocenters. The van der Waals surface area contributed by atoms with Crippen LogP contribution in [0.2, 0.25) is 5.02 Å². The quantitative estimate of drug-likeness (QED) is 0.838. The van der Waals surface area contributed by atoms with Crippen molar-refractivity contribution < 1.29 is 9.18 Å². The van der Waals surface area contributed by atoms with Crippen molar-refractivity contribution in [2.75, 3.05) is 6.54 Å². The van der Waals surface area contributed by atoms with Gasteiger partial charge >= 0.3 is 0 Å². The van der Waals surface area contributed by atoms with Crippen molar-refractivity contribution >= 4 is 17.5 Å². The van der Waals surface area contributed by atoms with Gasteiger partial charge in [-0.2, -0.15) is 0 Å². The summed E-state index contributed by atoms with van der Waals surface area (Å²) < 4.78 is 15.6. The summed E-state index contributed by atoms with van der Waals surface area (Å²) in [5, 5.41) is 11.4. The van der Waals surface area contributed by atoms with Gasteiger partial charge in [-0.3, -0.25) is 14.4 Å². The zero-order valence-corrected chi connectivity index (χ0v) is 15.7. The van der Waals surface area contributed by atoms with Crippen molar-refractivity contribution in [3.05, 3.63) is 46.7 Å². The molecule has 6 nitrogen and oxygen atoms in total. The van der Waals surface area contributed by atoms with Gasteiger partial charge < -0.3 is 5.32 Å². The Bertz CT molecular complexity index is 766. The van der Waals surface area contributed by atoms with Crippen molar-refractivity contribution in [3.8, 4) is 0 Å². The van der Waals surface area contributed by atoms with E-state index in [0.29, 0.717) is 31.1 Å². The summed E-state index contributed by atoms with van der Waals surface area (Å²) in [7, 11) is 0. The number of nitrogens with one attached hydrogen (secondary N) is 1. The highest BCUT2D eigenvalue weighted by atomic mass is 35.5. The van der Waals surface area contributed by atoms with Gasteiger partial charge in [0.05, 0.1) is 12.7 Å². The van der Waals surface area contributed by atoms with Gasteiger partial charge in [-0.1, -0.05) is 28.9 Å². The van der Waals surface area contributed by atoms with Gasteiger partial charge in [0.15, 0.2) is 5.69 Å². The first-order valence-electron chi connectivity index (χ1n) is 8.74. The number of benzene rings is 1. The van der Waals surface area contributed by atoms with Crippen molar-refractivity contribution in [3.63, 3.8) is 0 Å². The minimum Gasteiger partial charge on any atom is -0.348 e. The standard InChI is InChI=1S/C18H23ClFN5O/c1-12(2)21-18(26)17-11-25(23-22-17)10-16-7-15(20)9-24(16)8-13-4-3-5-14(19)6-13/h3-6,11-12,15-16H,7-10H2,1-2H3,(H,21,26). The third-order valence-electron chi connectivity index (χ3n) is 4.34. The average molecular weight is 380 g/mol. The van der Waals surface area contributed by atoms with Crippen LogP contribution in [0.5, 0.6) is 0 Å². The molecule has 1 aromatic carbocycles. The average Bonchev–Trinajstić information content (AvgIpc) is 3.14. The molecule has 0 aliphatic carbocycles. The molecule has 1 saturated heterocycles. The maximum absolute atomic E-state index is 14.0. The number of rotatable bonds is 6. The predicted molar refractivity (Wildman–Crippen MR) is 97.8 cm³/mol. The molecule has 1 aromatic heterocycles. The lowest BCUT2D eigenvalue weighted by molar-refractivity contribution is 0.0938. The molecule has 2 aromatic rings. The Morgan fingerprint density at radius 3 is 3.00 bits per heavy atom. The van der Waals surface area contributed by atoms with Gasteiger partial charge in [0, 0.05) is 30.2 Å².